The summed E-state index contributed by atoms with van der Waals surface area (Å²) in [6.07, 6.45) is 0. The van der Waals surface area contributed by atoms with Gasteiger partial charge in [-0.25, -0.2) is 0 Å². The lowest BCUT2D eigenvalue weighted by atomic mass is 9.87. The molecule has 1 heterocycles. The number of nitrogens with one attached hydrogen (secondary N) is 1. The van der Waals surface area contributed by atoms with Gasteiger partial charge in [0.05, 0.1) is 0 Å². The number of aliphatic hydroxyl groups is 1. The summed E-state index contributed by atoms with van der Waals surface area (Å²) >= 11 is 0. The Kier molecular flexibility index (Phi) is 3.08. The van der Waals surface area contributed by atoms with Gasteiger partial charge in [0.25, 0.3) is 0 Å². The first-order chi connectivity index (χ1) is 12.7. The van der Waals surface area contributed by atoms with Crippen LogP contribution in [0.3, 0.4) is 0 Å². The average Bonchev–Trinajstić information content (AvgIpc) is 3.01. The third-order valence-electron chi connectivity index (χ3n) is 5.16. The Morgan fingerprint density at radius 3 is 2.38 bits per heavy atom. The smallest absolute Gasteiger partial charge is 0.192 e. The van der Waals surface area contributed by atoms with Gasteiger partial charge in [0.15, 0.2) is 5.72 Å². The molecule has 5 rings (SSSR count). The Labute approximate surface area is 151 Å². The van der Waals surface area contributed by atoms with Crippen molar-refractivity contribution in [2.24, 2.45) is 0 Å². The minimum absolute atomic E-state index is 0.584. The molecular weight excluding hydrogens is 320 g/mol. The standard InChI is InChI=1S/C23H18N2O/c24-19-14-13-16-9-6-12-20-21(16)22(19)23(26,25-20)18-11-5-4-10-17(18)15-7-2-1-3-8-15/h1-14,25-26H,24H2. The number of anilines is 2. The van der Waals surface area contributed by atoms with Crippen molar-refractivity contribution in [3.8, 4) is 11.1 Å². The van der Waals surface area contributed by atoms with Crippen LogP contribution in [0.15, 0.2) is 84.9 Å². The molecule has 0 saturated heterocycles. The number of hydrogen-bond donors (Lipinski definition) is 3. The van der Waals surface area contributed by atoms with Crippen LogP contribution in [-0.4, -0.2) is 5.11 Å². The summed E-state index contributed by atoms with van der Waals surface area (Å²) in [5.41, 5.74) is 10.00. The third kappa shape index (κ3) is 1.98. The predicted molar refractivity (Wildman–Crippen MR) is 107 cm³/mol. The highest BCUT2D eigenvalue weighted by molar-refractivity contribution is 6.04. The van der Waals surface area contributed by atoms with Crippen molar-refractivity contribution >= 4 is 22.1 Å². The first-order valence-electron chi connectivity index (χ1n) is 8.66. The second kappa shape index (κ2) is 5.35. The summed E-state index contributed by atoms with van der Waals surface area (Å²) in [5, 5.41) is 17.2. The van der Waals surface area contributed by atoms with Crippen LogP contribution in [0.2, 0.25) is 0 Å². The number of rotatable bonds is 2. The SMILES string of the molecule is Nc1ccc2cccc3c2c1C(O)(c1ccccc1-c1ccccc1)N3. The van der Waals surface area contributed by atoms with Gasteiger partial charge >= 0.3 is 0 Å². The van der Waals surface area contributed by atoms with Crippen LogP contribution in [-0.2, 0) is 5.72 Å². The van der Waals surface area contributed by atoms with E-state index in [1.165, 1.54) is 0 Å². The van der Waals surface area contributed by atoms with Gasteiger partial charge in [-0.05, 0) is 28.6 Å². The van der Waals surface area contributed by atoms with Crippen LogP contribution in [0.1, 0.15) is 11.1 Å². The van der Waals surface area contributed by atoms with Crippen molar-refractivity contribution in [2.45, 2.75) is 5.72 Å². The Bertz CT molecular complexity index is 1140. The van der Waals surface area contributed by atoms with Gasteiger partial charge in [-0.15, -0.1) is 0 Å². The third-order valence-corrected chi connectivity index (χ3v) is 5.16. The van der Waals surface area contributed by atoms with Gasteiger partial charge in [0.1, 0.15) is 0 Å². The van der Waals surface area contributed by atoms with Gasteiger partial charge in [-0.3, -0.25) is 0 Å². The number of nitrogens with two attached hydrogens (primary N) is 1. The molecule has 1 unspecified atom stereocenters. The van der Waals surface area contributed by atoms with Crippen LogP contribution < -0.4 is 11.1 Å². The van der Waals surface area contributed by atoms with Crippen molar-refractivity contribution in [1.29, 1.82) is 0 Å². The molecule has 0 bridgehead atoms. The first kappa shape index (κ1) is 15.0. The van der Waals surface area contributed by atoms with E-state index in [2.05, 4.69) is 5.32 Å². The number of hydrogen-bond acceptors (Lipinski definition) is 3. The van der Waals surface area contributed by atoms with E-state index in [-0.39, 0.29) is 0 Å². The number of benzene rings is 4. The number of nitrogen functional groups attached to an aromatic ring is 1. The molecule has 4 N–H and O–H groups in total. The fraction of sp³-hybridized carbons (Fsp3) is 0.0435. The summed E-state index contributed by atoms with van der Waals surface area (Å²) in [7, 11) is 0. The summed E-state index contributed by atoms with van der Waals surface area (Å²) in [5.74, 6) is 0. The van der Waals surface area contributed by atoms with Crippen LogP contribution in [0.25, 0.3) is 21.9 Å². The van der Waals surface area contributed by atoms with Crippen LogP contribution in [0, 0.1) is 0 Å². The predicted octanol–water partition coefficient (Wildman–Crippen LogP) is 4.71. The summed E-state index contributed by atoms with van der Waals surface area (Å²) in [4.78, 5) is 0. The van der Waals surface area contributed by atoms with E-state index in [4.69, 9.17) is 5.73 Å². The minimum Gasteiger partial charge on any atom is -0.398 e. The molecule has 0 aliphatic carbocycles. The molecule has 0 fully saturated rings. The highest BCUT2D eigenvalue weighted by Crippen LogP contribution is 2.49. The van der Waals surface area contributed by atoms with E-state index in [0.717, 1.165) is 38.7 Å². The maximum Gasteiger partial charge on any atom is 0.192 e. The van der Waals surface area contributed by atoms with E-state index in [1.54, 1.807) is 0 Å². The fourth-order valence-corrected chi connectivity index (χ4v) is 4.02. The maximum atomic E-state index is 11.8. The van der Waals surface area contributed by atoms with Crippen molar-refractivity contribution < 1.29 is 5.11 Å². The van der Waals surface area contributed by atoms with Gasteiger partial charge in [-0.2, -0.15) is 0 Å². The molecule has 0 saturated carbocycles. The van der Waals surface area contributed by atoms with Gasteiger partial charge < -0.3 is 16.2 Å². The molecule has 0 spiro atoms. The average molecular weight is 338 g/mol. The molecule has 1 aliphatic heterocycles. The zero-order valence-electron chi connectivity index (χ0n) is 14.1. The molecule has 126 valence electrons. The molecule has 0 radical (unpaired) electrons. The molecule has 0 amide bonds. The molecule has 4 aromatic rings. The summed E-state index contributed by atoms with van der Waals surface area (Å²) < 4.78 is 0. The quantitative estimate of drug-likeness (QED) is 0.464. The fourth-order valence-electron chi connectivity index (χ4n) is 4.02. The second-order valence-corrected chi connectivity index (χ2v) is 6.68. The van der Waals surface area contributed by atoms with E-state index in [0.29, 0.717) is 5.69 Å². The van der Waals surface area contributed by atoms with Gasteiger partial charge in [0, 0.05) is 27.9 Å². The largest absolute Gasteiger partial charge is 0.398 e. The van der Waals surface area contributed by atoms with E-state index >= 15 is 0 Å². The van der Waals surface area contributed by atoms with Gasteiger partial charge in [0.2, 0.25) is 0 Å². The lowest BCUT2D eigenvalue weighted by Gasteiger charge is -2.29. The zero-order chi connectivity index (χ0) is 17.7. The van der Waals surface area contributed by atoms with Crippen molar-refractivity contribution in [2.75, 3.05) is 11.1 Å². The molecular formula is C23H18N2O. The molecule has 4 aromatic carbocycles. The summed E-state index contributed by atoms with van der Waals surface area (Å²) in [6, 6.07) is 27.9. The molecule has 26 heavy (non-hydrogen) atoms. The van der Waals surface area contributed by atoms with E-state index in [9.17, 15) is 5.11 Å². The first-order valence-corrected chi connectivity index (χ1v) is 8.66. The van der Waals surface area contributed by atoms with Gasteiger partial charge in [-0.1, -0.05) is 72.8 Å². The van der Waals surface area contributed by atoms with Crippen LogP contribution >= 0.6 is 0 Å². The topological polar surface area (TPSA) is 58.3 Å². The molecule has 3 nitrogen and oxygen atoms in total. The lowest BCUT2D eigenvalue weighted by molar-refractivity contribution is 0.119. The molecule has 1 aliphatic rings. The molecule has 0 aromatic heterocycles. The van der Waals surface area contributed by atoms with Crippen LogP contribution in [0.4, 0.5) is 11.4 Å². The van der Waals surface area contributed by atoms with E-state index in [1.807, 2.05) is 84.9 Å². The molecule has 3 heteroatoms. The normalized spacial score (nSPS) is 18.0. The zero-order valence-corrected chi connectivity index (χ0v) is 14.1. The highest BCUT2D eigenvalue weighted by Gasteiger charge is 2.42. The minimum atomic E-state index is -1.38. The molecule has 1 atom stereocenters. The second-order valence-electron chi connectivity index (χ2n) is 6.68. The van der Waals surface area contributed by atoms with E-state index < -0.39 is 5.72 Å². The lowest BCUT2D eigenvalue weighted by Crippen LogP contribution is -2.34. The highest BCUT2D eigenvalue weighted by atomic mass is 16.3. The Morgan fingerprint density at radius 2 is 1.54 bits per heavy atom. The van der Waals surface area contributed by atoms with Crippen molar-refractivity contribution in [3.63, 3.8) is 0 Å². The Balaban J connectivity index is 1.81. The van der Waals surface area contributed by atoms with Crippen molar-refractivity contribution in [3.05, 3.63) is 96.1 Å². The maximum absolute atomic E-state index is 11.8. The van der Waals surface area contributed by atoms with Crippen LogP contribution in [0.5, 0.6) is 0 Å². The summed E-state index contributed by atoms with van der Waals surface area (Å²) in [6.45, 7) is 0. The Hall–Kier alpha value is -3.30. The van der Waals surface area contributed by atoms with Crippen molar-refractivity contribution in [1.82, 2.24) is 0 Å². The monoisotopic (exact) mass is 338 g/mol. The Morgan fingerprint density at radius 1 is 0.769 bits per heavy atom.